The molecule has 0 bridgehead atoms. The number of esters is 1. The predicted octanol–water partition coefficient (Wildman–Crippen LogP) is 4.07. The Kier molecular flexibility index (Phi) is 11.1. The van der Waals surface area contributed by atoms with Crippen molar-refractivity contribution in [3.05, 3.63) is 95.1 Å². The minimum atomic E-state index is -0.614. The maximum absolute atomic E-state index is 12.1. The van der Waals surface area contributed by atoms with Crippen LogP contribution in [0, 0.1) is 0 Å². The van der Waals surface area contributed by atoms with Gasteiger partial charge in [-0.1, -0.05) is 72.4 Å². The number of nitrogens with one attached hydrogen (secondary N) is 2. The molecule has 3 atom stereocenters. The molecule has 1 saturated heterocycles. The Bertz CT molecular complexity index is 1580. The highest BCUT2D eigenvalue weighted by atomic mass is 32.2. The zero-order valence-corrected chi connectivity index (χ0v) is 25.9. The lowest BCUT2D eigenvalue weighted by atomic mass is 9.99. The lowest BCUT2D eigenvalue weighted by Gasteiger charge is -2.36. The first-order chi connectivity index (χ1) is 21.9. The van der Waals surface area contributed by atoms with Gasteiger partial charge in [-0.2, -0.15) is 0 Å². The number of thioether (sulfide) groups is 1. The molecule has 45 heavy (non-hydrogen) atoms. The van der Waals surface area contributed by atoms with Crippen LogP contribution in [0.1, 0.15) is 48.0 Å². The molecule has 4 aromatic rings. The lowest BCUT2D eigenvalue weighted by molar-refractivity contribution is -0.245. The van der Waals surface area contributed by atoms with E-state index in [2.05, 4.69) is 32.2 Å². The zero-order valence-electron chi connectivity index (χ0n) is 25.1. The Balaban J connectivity index is 1.29. The molecule has 0 aliphatic carbocycles. The molecule has 13 heteroatoms. The zero-order chi connectivity index (χ0) is 31.6. The smallest absolute Gasteiger partial charge is 0.325 e. The fourth-order valence-corrected chi connectivity index (χ4v) is 5.74. The number of carbonyl (C=O) groups excluding carboxylic acids is 2. The number of aliphatic hydroxyl groups is 1. The molecular weight excluding hydrogens is 596 g/mol. The Labute approximate surface area is 265 Å². The number of tetrazole rings is 1. The van der Waals surface area contributed by atoms with E-state index in [0.29, 0.717) is 17.3 Å². The van der Waals surface area contributed by atoms with Gasteiger partial charge in [0.2, 0.25) is 5.16 Å². The molecule has 1 aromatic heterocycles. The number of benzene rings is 3. The van der Waals surface area contributed by atoms with Gasteiger partial charge >= 0.3 is 12.0 Å². The second kappa shape index (κ2) is 15.6. The topological polar surface area (TPSA) is 150 Å². The third-order valence-corrected chi connectivity index (χ3v) is 8.31. The summed E-state index contributed by atoms with van der Waals surface area (Å²) in [5.41, 5.74) is 5.57. The second-order valence-corrected chi connectivity index (χ2v) is 11.4. The third-order valence-electron chi connectivity index (χ3n) is 7.17. The number of rotatable bonds is 12. The molecule has 3 N–H and O–H groups in total. The number of ether oxygens (including phenoxy) is 3. The van der Waals surface area contributed by atoms with E-state index >= 15 is 0 Å². The van der Waals surface area contributed by atoms with Crippen LogP contribution in [0.5, 0.6) is 0 Å². The first-order valence-corrected chi connectivity index (χ1v) is 15.6. The van der Waals surface area contributed by atoms with Crippen LogP contribution in [0.15, 0.2) is 78.0 Å². The van der Waals surface area contributed by atoms with Crippen LogP contribution >= 0.6 is 11.8 Å². The Morgan fingerprint density at radius 2 is 1.78 bits per heavy atom. The quantitative estimate of drug-likeness (QED) is 0.154. The number of aliphatic hydroxyl groups excluding tert-OH is 1. The van der Waals surface area contributed by atoms with Crippen LogP contribution in [0.4, 0.5) is 4.79 Å². The summed E-state index contributed by atoms with van der Waals surface area (Å²) in [6.45, 7) is 2.05. The van der Waals surface area contributed by atoms with Crippen molar-refractivity contribution in [2.45, 2.75) is 50.2 Å². The maximum Gasteiger partial charge on any atom is 0.325 e. The molecule has 1 aliphatic heterocycles. The normalized spacial score (nSPS) is 17.9. The van der Waals surface area contributed by atoms with Crippen molar-refractivity contribution in [3.8, 4) is 11.1 Å². The summed E-state index contributed by atoms with van der Waals surface area (Å²) in [4.78, 5) is 23.6. The van der Waals surface area contributed by atoms with Crippen LogP contribution in [0.3, 0.4) is 0 Å². The average Bonchev–Trinajstić information content (AvgIpc) is 3.50. The number of amides is 2. The average molecular weight is 633 g/mol. The van der Waals surface area contributed by atoms with E-state index in [1.807, 2.05) is 66.7 Å². The van der Waals surface area contributed by atoms with E-state index < -0.39 is 18.3 Å². The third kappa shape index (κ3) is 8.88. The molecular formula is C32H36N6O6S. The largest absolute Gasteiger partial charge is 0.465 e. The summed E-state index contributed by atoms with van der Waals surface area (Å²) in [6.07, 6.45) is -0.318. The van der Waals surface area contributed by atoms with Gasteiger partial charge in [-0.25, -0.2) is 9.48 Å². The van der Waals surface area contributed by atoms with E-state index in [9.17, 15) is 14.7 Å². The van der Waals surface area contributed by atoms with Crippen molar-refractivity contribution >= 4 is 23.8 Å². The summed E-state index contributed by atoms with van der Waals surface area (Å²) in [5, 5.41) is 27.2. The highest BCUT2D eigenvalue weighted by molar-refractivity contribution is 7.99. The van der Waals surface area contributed by atoms with E-state index in [1.54, 1.807) is 18.7 Å². The molecule has 1 fully saturated rings. The molecule has 0 spiro atoms. The van der Waals surface area contributed by atoms with Crippen LogP contribution in [0.2, 0.25) is 0 Å². The SMILES string of the molecule is CCOC(=O)CNC(=O)NCc1cccc(-c2cccc([C@H]3O[C@@H](CSc4nnnn4C)C[C@@H](c4ccc(CO)cc4)O3)c2)c1. The fourth-order valence-electron chi connectivity index (χ4n) is 4.87. The van der Waals surface area contributed by atoms with E-state index in [0.717, 1.165) is 33.4 Å². The van der Waals surface area contributed by atoms with Crippen LogP contribution in [-0.2, 0) is 39.2 Å². The number of carbonyl (C=O) groups is 2. The first kappa shape index (κ1) is 32.1. The molecule has 236 valence electrons. The van der Waals surface area contributed by atoms with Gasteiger partial charge in [0.05, 0.1) is 25.4 Å². The molecule has 3 aromatic carbocycles. The van der Waals surface area contributed by atoms with Crippen molar-refractivity contribution in [2.24, 2.45) is 7.05 Å². The van der Waals surface area contributed by atoms with Gasteiger partial charge in [-0.15, -0.1) is 5.10 Å². The van der Waals surface area contributed by atoms with Gasteiger partial charge in [-0.3, -0.25) is 4.79 Å². The molecule has 0 unspecified atom stereocenters. The summed E-state index contributed by atoms with van der Waals surface area (Å²) < 4.78 is 19.5. The standard InChI is InChI=1S/C32H36N6O6S/c1-3-42-29(40)18-34-31(41)33-17-22-6-4-7-24(14-22)25-8-5-9-26(15-25)30-43-27(20-45-32-35-36-37-38(32)2)16-28(44-30)23-12-10-21(19-39)11-13-23/h4-15,27-28,30,39H,3,16-20H2,1-2H3,(H2,33,34,41)/t27-,28+,30+/m1/s1. The van der Waals surface area contributed by atoms with E-state index in [1.165, 1.54) is 11.8 Å². The Hall–Kier alpha value is -4.30. The number of hydrogen-bond acceptors (Lipinski definition) is 10. The van der Waals surface area contributed by atoms with Crippen molar-refractivity contribution in [1.82, 2.24) is 30.8 Å². The highest BCUT2D eigenvalue weighted by Crippen LogP contribution is 2.40. The number of aryl methyl sites for hydroxylation is 1. The number of urea groups is 1. The monoisotopic (exact) mass is 632 g/mol. The van der Waals surface area contributed by atoms with Gasteiger partial charge in [0.1, 0.15) is 6.54 Å². The minimum absolute atomic E-state index is 0.0186. The molecule has 0 saturated carbocycles. The van der Waals surface area contributed by atoms with Crippen LogP contribution < -0.4 is 10.6 Å². The van der Waals surface area contributed by atoms with Crippen LogP contribution in [0.25, 0.3) is 11.1 Å². The fraction of sp³-hybridized carbons (Fsp3) is 0.344. The number of hydrogen-bond donors (Lipinski definition) is 3. The first-order valence-electron chi connectivity index (χ1n) is 14.6. The maximum atomic E-state index is 12.1. The molecule has 0 radical (unpaired) electrons. The van der Waals surface area contributed by atoms with E-state index in [-0.39, 0.29) is 38.5 Å². The van der Waals surface area contributed by atoms with Gasteiger partial charge in [0.25, 0.3) is 0 Å². The minimum Gasteiger partial charge on any atom is -0.465 e. The lowest BCUT2D eigenvalue weighted by Crippen LogP contribution is -2.38. The van der Waals surface area contributed by atoms with Crippen molar-refractivity contribution in [1.29, 1.82) is 0 Å². The van der Waals surface area contributed by atoms with Crippen molar-refractivity contribution in [2.75, 3.05) is 18.9 Å². The van der Waals surface area contributed by atoms with Crippen molar-refractivity contribution in [3.63, 3.8) is 0 Å². The number of nitrogens with zero attached hydrogens (tertiary/aromatic N) is 4. The van der Waals surface area contributed by atoms with E-state index in [4.69, 9.17) is 14.2 Å². The highest BCUT2D eigenvalue weighted by Gasteiger charge is 2.32. The molecule has 1 aliphatic rings. The number of aromatic nitrogens is 4. The second-order valence-electron chi connectivity index (χ2n) is 10.4. The summed E-state index contributed by atoms with van der Waals surface area (Å²) in [7, 11) is 1.80. The summed E-state index contributed by atoms with van der Waals surface area (Å²) in [5.74, 6) is 0.153. The Morgan fingerprint density at radius 3 is 2.51 bits per heavy atom. The summed E-state index contributed by atoms with van der Waals surface area (Å²) in [6, 6.07) is 23.2. The molecule has 2 heterocycles. The molecule has 12 nitrogen and oxygen atoms in total. The van der Waals surface area contributed by atoms with Crippen LogP contribution in [-0.4, -0.2) is 62.3 Å². The van der Waals surface area contributed by atoms with Gasteiger partial charge in [-0.05, 0) is 57.3 Å². The Morgan fingerprint density at radius 1 is 1.00 bits per heavy atom. The van der Waals surface area contributed by atoms with Gasteiger partial charge in [0, 0.05) is 31.3 Å². The molecule has 5 rings (SSSR count). The molecule has 2 amide bonds. The summed E-state index contributed by atoms with van der Waals surface area (Å²) >= 11 is 1.53. The predicted molar refractivity (Wildman–Crippen MR) is 167 cm³/mol. The van der Waals surface area contributed by atoms with Crippen molar-refractivity contribution < 1.29 is 28.9 Å². The van der Waals surface area contributed by atoms with Gasteiger partial charge < -0.3 is 30.0 Å². The van der Waals surface area contributed by atoms with Gasteiger partial charge in [0.15, 0.2) is 6.29 Å².